The van der Waals surface area contributed by atoms with Crippen LogP contribution in [0.15, 0.2) is 54.1 Å². The third-order valence-electron chi connectivity index (χ3n) is 6.16. The summed E-state index contributed by atoms with van der Waals surface area (Å²) in [4.78, 5) is 52.3. The number of methoxy groups -OCH3 is 1. The van der Waals surface area contributed by atoms with Crippen molar-refractivity contribution in [1.29, 1.82) is 0 Å². The van der Waals surface area contributed by atoms with Crippen molar-refractivity contribution < 1.29 is 38.1 Å². The van der Waals surface area contributed by atoms with E-state index in [2.05, 4.69) is 10.6 Å². The minimum atomic E-state index is -0.928. The summed E-state index contributed by atoms with van der Waals surface area (Å²) >= 11 is 18.4. The van der Waals surface area contributed by atoms with Crippen LogP contribution in [0.1, 0.15) is 25.8 Å². The minimum absolute atomic E-state index is 0.0409. The lowest BCUT2D eigenvalue weighted by molar-refractivity contribution is -0.122. The normalized spacial score (nSPS) is 13.9. The van der Waals surface area contributed by atoms with Gasteiger partial charge in [-0.15, -0.1) is 0 Å². The maximum absolute atomic E-state index is 13.5. The summed E-state index contributed by atoms with van der Waals surface area (Å²) in [7, 11) is 1.43. The van der Waals surface area contributed by atoms with Crippen molar-refractivity contribution >= 4 is 76.0 Å². The highest BCUT2D eigenvalue weighted by atomic mass is 35.5. The first kappa shape index (κ1) is 33.4. The highest BCUT2D eigenvalue weighted by Crippen LogP contribution is 2.38. The van der Waals surface area contributed by atoms with Crippen LogP contribution in [0.3, 0.4) is 0 Å². The Morgan fingerprint density at radius 2 is 1.67 bits per heavy atom. The molecule has 0 aliphatic carbocycles. The quantitative estimate of drug-likeness (QED) is 0.164. The molecule has 14 heteroatoms. The number of urea groups is 1. The molecule has 0 aromatic heterocycles. The number of anilines is 2. The Hall–Kier alpha value is -4.45. The Labute approximate surface area is 273 Å². The fraction of sp³-hybridized carbons (Fsp3) is 0.226. The zero-order valence-corrected chi connectivity index (χ0v) is 26.6. The predicted octanol–water partition coefficient (Wildman–Crippen LogP) is 6.53. The Balaban J connectivity index is 1.58. The number of hydrogen-bond acceptors (Lipinski definition) is 8. The summed E-state index contributed by atoms with van der Waals surface area (Å²) in [5.41, 5.74) is 0.531. The van der Waals surface area contributed by atoms with Crippen LogP contribution in [0, 0.1) is 0 Å². The predicted molar refractivity (Wildman–Crippen MR) is 171 cm³/mol. The summed E-state index contributed by atoms with van der Waals surface area (Å²) in [5.74, 6) is -1.31. The Bertz CT molecular complexity index is 1680. The molecule has 2 N–H and O–H groups in total. The lowest BCUT2D eigenvalue weighted by atomic mass is 10.1. The Morgan fingerprint density at radius 3 is 2.36 bits per heavy atom. The maximum atomic E-state index is 13.5. The Kier molecular flexibility index (Phi) is 11.2. The average Bonchev–Trinajstić information content (AvgIpc) is 3.00. The average molecular weight is 677 g/mol. The minimum Gasteiger partial charge on any atom is -0.493 e. The van der Waals surface area contributed by atoms with E-state index in [1.807, 2.05) is 6.92 Å². The number of nitrogens with one attached hydrogen (secondary N) is 2. The molecule has 0 bridgehead atoms. The third kappa shape index (κ3) is 7.99. The Morgan fingerprint density at radius 1 is 0.889 bits per heavy atom. The molecule has 1 heterocycles. The molecule has 1 fully saturated rings. The SMILES string of the molecule is CCCOc1ccc(N2C(=O)NC(=O)/C(=C/c3cc(Cl)c(OCC(=O)Nc4ccc(Cl)c(Cl)c4)c(OCC)c3)C2=O)cc1OC. The van der Waals surface area contributed by atoms with Crippen molar-refractivity contribution in [2.24, 2.45) is 0 Å². The fourth-order valence-electron chi connectivity index (χ4n) is 4.17. The van der Waals surface area contributed by atoms with Crippen LogP contribution in [0.4, 0.5) is 16.2 Å². The van der Waals surface area contributed by atoms with E-state index in [0.717, 1.165) is 11.3 Å². The van der Waals surface area contributed by atoms with Gasteiger partial charge in [0, 0.05) is 11.8 Å². The summed E-state index contributed by atoms with van der Waals surface area (Å²) in [6.07, 6.45) is 2.04. The third-order valence-corrected chi connectivity index (χ3v) is 7.18. The highest BCUT2D eigenvalue weighted by Gasteiger charge is 2.37. The van der Waals surface area contributed by atoms with Crippen molar-refractivity contribution in [1.82, 2.24) is 5.32 Å². The first-order chi connectivity index (χ1) is 21.6. The zero-order chi connectivity index (χ0) is 32.7. The van der Waals surface area contributed by atoms with Gasteiger partial charge in [-0.1, -0.05) is 41.7 Å². The number of halogens is 3. The number of imide groups is 2. The van der Waals surface area contributed by atoms with Gasteiger partial charge in [-0.05, 0) is 67.4 Å². The number of ether oxygens (including phenoxy) is 4. The van der Waals surface area contributed by atoms with Gasteiger partial charge in [0.25, 0.3) is 17.7 Å². The van der Waals surface area contributed by atoms with Crippen molar-refractivity contribution in [2.75, 3.05) is 37.1 Å². The number of benzene rings is 3. The van der Waals surface area contributed by atoms with Gasteiger partial charge in [-0.25, -0.2) is 9.69 Å². The first-order valence-electron chi connectivity index (χ1n) is 13.6. The summed E-state index contributed by atoms with van der Waals surface area (Å²) < 4.78 is 22.4. The standard InChI is InChI=1S/C31H28Cl3N3O8/c1-4-10-44-24-9-7-19(15-25(24)42-3)37-30(40)20(29(39)36-31(37)41)11-17-12-23(34)28(26(13-17)43-5-2)45-16-27(38)35-18-6-8-21(32)22(33)14-18/h6-9,11-15H,4-5,10,16H2,1-3H3,(H,35,38)(H,36,39,41)/b20-11-. The second-order valence-corrected chi connectivity index (χ2v) is 10.6. The second-order valence-electron chi connectivity index (χ2n) is 9.37. The van der Waals surface area contributed by atoms with E-state index in [4.69, 9.17) is 53.8 Å². The second kappa shape index (κ2) is 15.0. The van der Waals surface area contributed by atoms with Gasteiger partial charge in [-0.2, -0.15) is 0 Å². The maximum Gasteiger partial charge on any atom is 0.335 e. The van der Waals surface area contributed by atoms with Crippen LogP contribution in [-0.2, 0) is 14.4 Å². The van der Waals surface area contributed by atoms with Gasteiger partial charge in [-0.3, -0.25) is 19.7 Å². The number of barbiturate groups is 1. The van der Waals surface area contributed by atoms with Crippen LogP contribution in [-0.4, -0.2) is 50.7 Å². The van der Waals surface area contributed by atoms with Gasteiger partial charge in [0.05, 0.1) is 41.1 Å². The van der Waals surface area contributed by atoms with E-state index in [-0.39, 0.29) is 39.4 Å². The molecule has 3 aromatic carbocycles. The molecule has 0 spiro atoms. The molecule has 5 amide bonds. The molecule has 0 atom stereocenters. The van der Waals surface area contributed by atoms with Crippen LogP contribution >= 0.6 is 34.8 Å². The van der Waals surface area contributed by atoms with Crippen LogP contribution < -0.4 is 34.5 Å². The van der Waals surface area contributed by atoms with Crippen molar-refractivity contribution in [3.8, 4) is 23.0 Å². The zero-order valence-electron chi connectivity index (χ0n) is 24.4. The van der Waals surface area contributed by atoms with Gasteiger partial charge < -0.3 is 24.3 Å². The molecule has 0 unspecified atom stereocenters. The van der Waals surface area contributed by atoms with E-state index < -0.39 is 30.4 Å². The number of nitrogens with zero attached hydrogens (tertiary/aromatic N) is 1. The molecule has 1 aliphatic heterocycles. The molecule has 45 heavy (non-hydrogen) atoms. The van der Waals surface area contributed by atoms with E-state index in [1.165, 1.54) is 43.5 Å². The topological polar surface area (TPSA) is 132 Å². The van der Waals surface area contributed by atoms with E-state index in [9.17, 15) is 19.2 Å². The fourth-order valence-corrected chi connectivity index (χ4v) is 4.74. The number of carbonyl (C=O) groups is 4. The summed E-state index contributed by atoms with van der Waals surface area (Å²) in [6, 6.07) is 11.1. The summed E-state index contributed by atoms with van der Waals surface area (Å²) in [6.45, 7) is 3.91. The lowest BCUT2D eigenvalue weighted by Gasteiger charge is -2.27. The van der Waals surface area contributed by atoms with Crippen molar-refractivity contribution in [3.63, 3.8) is 0 Å². The molecule has 11 nitrogen and oxygen atoms in total. The molecular weight excluding hydrogens is 649 g/mol. The largest absolute Gasteiger partial charge is 0.493 e. The van der Waals surface area contributed by atoms with Crippen LogP contribution in [0.25, 0.3) is 6.08 Å². The van der Waals surface area contributed by atoms with Crippen LogP contribution in [0.5, 0.6) is 23.0 Å². The molecule has 236 valence electrons. The number of amides is 5. The smallest absolute Gasteiger partial charge is 0.335 e. The lowest BCUT2D eigenvalue weighted by Crippen LogP contribution is -2.54. The van der Waals surface area contributed by atoms with Gasteiger partial charge >= 0.3 is 6.03 Å². The molecule has 4 rings (SSSR count). The molecule has 3 aromatic rings. The number of carbonyl (C=O) groups excluding carboxylic acids is 4. The molecule has 1 saturated heterocycles. The van der Waals surface area contributed by atoms with E-state index >= 15 is 0 Å². The highest BCUT2D eigenvalue weighted by molar-refractivity contribution is 6.42. The van der Waals surface area contributed by atoms with E-state index in [0.29, 0.717) is 34.4 Å². The molecular formula is C31H28Cl3N3O8. The van der Waals surface area contributed by atoms with Crippen molar-refractivity contribution in [2.45, 2.75) is 20.3 Å². The summed E-state index contributed by atoms with van der Waals surface area (Å²) in [5, 5.41) is 5.47. The first-order valence-corrected chi connectivity index (χ1v) is 14.8. The molecule has 1 aliphatic rings. The van der Waals surface area contributed by atoms with Crippen LogP contribution in [0.2, 0.25) is 15.1 Å². The van der Waals surface area contributed by atoms with Gasteiger partial charge in [0.2, 0.25) is 0 Å². The van der Waals surface area contributed by atoms with Crippen molar-refractivity contribution in [3.05, 3.63) is 74.7 Å². The van der Waals surface area contributed by atoms with E-state index in [1.54, 1.807) is 25.1 Å². The van der Waals surface area contributed by atoms with Gasteiger partial charge in [0.15, 0.2) is 29.6 Å². The molecule has 0 radical (unpaired) electrons. The monoisotopic (exact) mass is 675 g/mol. The van der Waals surface area contributed by atoms with Gasteiger partial charge in [0.1, 0.15) is 5.57 Å². The number of hydrogen-bond donors (Lipinski definition) is 2. The number of rotatable bonds is 12. The molecule has 0 saturated carbocycles.